The molecule has 8 heteroatoms. The molecule has 0 aliphatic heterocycles. The summed E-state index contributed by atoms with van der Waals surface area (Å²) in [4.78, 5) is 21.9. The maximum absolute atomic E-state index is 13.3. The molecule has 1 rings (SSSR count). The number of nitro benzene ring substituents is 1. The summed E-state index contributed by atoms with van der Waals surface area (Å²) in [5.41, 5.74) is -0.330. The molecule has 0 radical (unpaired) electrons. The van der Waals surface area contributed by atoms with Gasteiger partial charge in [0.1, 0.15) is 17.5 Å². The molecule has 0 saturated carbocycles. The minimum atomic E-state index is -0.731. The largest absolute Gasteiger partial charge is 0.368 e. The predicted molar refractivity (Wildman–Crippen MR) is 77.1 cm³/mol. The quantitative estimate of drug-likeness (QED) is 0.612. The van der Waals surface area contributed by atoms with E-state index in [1.807, 2.05) is 6.92 Å². The smallest absolute Gasteiger partial charge is 0.295 e. The molecule has 2 N–H and O–H groups in total. The van der Waals surface area contributed by atoms with Crippen molar-refractivity contribution in [1.82, 2.24) is 5.32 Å². The van der Waals surface area contributed by atoms with Crippen LogP contribution in [0.25, 0.3) is 0 Å². The Labute approximate surface area is 124 Å². The molecular formula is C12H15BrFN3O3. The zero-order valence-corrected chi connectivity index (χ0v) is 12.7. The molecule has 1 aromatic carbocycles. The molecule has 0 heterocycles. The van der Waals surface area contributed by atoms with Crippen LogP contribution in [0.1, 0.15) is 20.3 Å². The summed E-state index contributed by atoms with van der Waals surface area (Å²) in [5.74, 6) is -1.01. The number of hydrogen-bond donors (Lipinski definition) is 2. The standard InChI is InChI=1S/C12H15BrFN3O3/c1-3-4-15-12(18)7(2)16-10-5-8(13)9(14)6-11(10)17(19)20/h5-7,16H,3-4H2,1-2H3,(H,15,18). The van der Waals surface area contributed by atoms with Crippen LogP contribution in [0.4, 0.5) is 15.8 Å². The Kier molecular flexibility index (Phi) is 5.87. The Hall–Kier alpha value is -1.70. The minimum absolute atomic E-state index is 0.0856. The van der Waals surface area contributed by atoms with Crippen molar-refractivity contribution >= 4 is 33.2 Å². The van der Waals surface area contributed by atoms with Crippen LogP contribution < -0.4 is 10.6 Å². The van der Waals surface area contributed by atoms with E-state index in [1.54, 1.807) is 6.92 Å². The predicted octanol–water partition coefficient (Wildman–Crippen LogP) is 2.82. The molecule has 0 aromatic heterocycles. The van der Waals surface area contributed by atoms with Crippen molar-refractivity contribution in [2.45, 2.75) is 26.3 Å². The molecule has 0 fully saturated rings. The molecule has 6 nitrogen and oxygen atoms in total. The number of halogens is 2. The average Bonchev–Trinajstić information content (AvgIpc) is 2.39. The SMILES string of the molecule is CCCNC(=O)C(C)Nc1cc(Br)c(F)cc1[N+](=O)[O-]. The summed E-state index contributed by atoms with van der Waals surface area (Å²) in [6, 6.07) is 1.39. The zero-order chi connectivity index (χ0) is 15.3. The highest BCUT2D eigenvalue weighted by atomic mass is 79.9. The first-order valence-electron chi connectivity index (χ1n) is 6.04. The fourth-order valence-corrected chi connectivity index (χ4v) is 1.85. The van der Waals surface area contributed by atoms with Gasteiger partial charge in [-0.05, 0) is 35.3 Å². The van der Waals surface area contributed by atoms with Gasteiger partial charge in [-0.1, -0.05) is 6.92 Å². The number of carbonyl (C=O) groups is 1. The van der Waals surface area contributed by atoms with Crippen molar-refractivity contribution in [1.29, 1.82) is 0 Å². The third-order valence-corrected chi connectivity index (χ3v) is 3.16. The van der Waals surface area contributed by atoms with Crippen LogP contribution in [-0.2, 0) is 4.79 Å². The van der Waals surface area contributed by atoms with Crippen molar-refractivity contribution in [3.63, 3.8) is 0 Å². The van der Waals surface area contributed by atoms with Crippen molar-refractivity contribution in [2.75, 3.05) is 11.9 Å². The Morgan fingerprint density at radius 2 is 2.20 bits per heavy atom. The van der Waals surface area contributed by atoms with Crippen LogP contribution in [0.3, 0.4) is 0 Å². The van der Waals surface area contributed by atoms with Gasteiger partial charge in [0.2, 0.25) is 5.91 Å². The fraction of sp³-hybridized carbons (Fsp3) is 0.417. The Morgan fingerprint density at radius 1 is 1.55 bits per heavy atom. The van der Waals surface area contributed by atoms with Crippen LogP contribution in [0, 0.1) is 15.9 Å². The van der Waals surface area contributed by atoms with E-state index in [4.69, 9.17) is 0 Å². The number of hydrogen-bond acceptors (Lipinski definition) is 4. The molecule has 1 aromatic rings. The summed E-state index contributed by atoms with van der Waals surface area (Å²) in [6.45, 7) is 4.02. The first kappa shape index (κ1) is 16.4. The zero-order valence-electron chi connectivity index (χ0n) is 11.1. The first-order valence-corrected chi connectivity index (χ1v) is 6.83. The molecule has 110 valence electrons. The summed E-state index contributed by atoms with van der Waals surface area (Å²) in [6.07, 6.45) is 0.792. The van der Waals surface area contributed by atoms with Gasteiger partial charge in [0, 0.05) is 6.54 Å². The summed E-state index contributed by atoms with van der Waals surface area (Å²) < 4.78 is 13.4. The molecule has 0 aliphatic carbocycles. The molecule has 0 aliphatic rings. The van der Waals surface area contributed by atoms with Gasteiger partial charge in [-0.25, -0.2) is 4.39 Å². The Morgan fingerprint density at radius 3 is 2.75 bits per heavy atom. The van der Waals surface area contributed by atoms with Gasteiger partial charge in [0.05, 0.1) is 15.5 Å². The lowest BCUT2D eigenvalue weighted by molar-refractivity contribution is -0.384. The number of nitrogens with one attached hydrogen (secondary N) is 2. The molecule has 0 spiro atoms. The lowest BCUT2D eigenvalue weighted by Crippen LogP contribution is -2.38. The highest BCUT2D eigenvalue weighted by Gasteiger charge is 2.21. The highest BCUT2D eigenvalue weighted by Crippen LogP contribution is 2.30. The third kappa shape index (κ3) is 4.16. The number of benzene rings is 1. The van der Waals surface area contributed by atoms with E-state index in [9.17, 15) is 19.3 Å². The van der Waals surface area contributed by atoms with Gasteiger partial charge < -0.3 is 10.6 Å². The van der Waals surface area contributed by atoms with E-state index in [0.29, 0.717) is 6.54 Å². The van der Waals surface area contributed by atoms with E-state index < -0.39 is 22.5 Å². The number of carbonyl (C=O) groups excluding carboxylic acids is 1. The second-order valence-corrected chi connectivity index (χ2v) is 5.05. The van der Waals surface area contributed by atoms with Crippen LogP contribution in [0.2, 0.25) is 0 Å². The van der Waals surface area contributed by atoms with Gasteiger partial charge >= 0.3 is 0 Å². The lowest BCUT2D eigenvalue weighted by atomic mass is 10.2. The Balaban J connectivity index is 2.93. The molecule has 0 saturated heterocycles. The van der Waals surface area contributed by atoms with Gasteiger partial charge in [-0.2, -0.15) is 0 Å². The Bertz CT molecular complexity index is 525. The normalized spacial score (nSPS) is 11.8. The van der Waals surface area contributed by atoms with Crippen molar-refractivity contribution in [3.8, 4) is 0 Å². The number of amides is 1. The molecular weight excluding hydrogens is 333 g/mol. The number of rotatable bonds is 6. The number of anilines is 1. The van der Waals surface area contributed by atoms with E-state index in [2.05, 4.69) is 26.6 Å². The topological polar surface area (TPSA) is 84.3 Å². The van der Waals surface area contributed by atoms with Crippen LogP contribution in [-0.4, -0.2) is 23.4 Å². The van der Waals surface area contributed by atoms with Crippen molar-refractivity contribution < 1.29 is 14.1 Å². The number of nitrogens with zero attached hydrogens (tertiary/aromatic N) is 1. The van der Waals surface area contributed by atoms with E-state index in [-0.39, 0.29) is 16.1 Å². The van der Waals surface area contributed by atoms with E-state index in [1.165, 1.54) is 6.07 Å². The second kappa shape index (κ2) is 7.18. The van der Waals surface area contributed by atoms with E-state index in [0.717, 1.165) is 12.5 Å². The van der Waals surface area contributed by atoms with Gasteiger partial charge in [-0.15, -0.1) is 0 Å². The average molecular weight is 348 g/mol. The van der Waals surface area contributed by atoms with Crippen molar-refractivity contribution in [2.24, 2.45) is 0 Å². The lowest BCUT2D eigenvalue weighted by Gasteiger charge is -2.15. The third-order valence-electron chi connectivity index (χ3n) is 2.55. The van der Waals surface area contributed by atoms with Crippen molar-refractivity contribution in [3.05, 3.63) is 32.5 Å². The van der Waals surface area contributed by atoms with Gasteiger partial charge in [0.15, 0.2) is 0 Å². The molecule has 1 amide bonds. The number of nitro groups is 1. The maximum atomic E-state index is 13.3. The first-order chi connectivity index (χ1) is 9.36. The molecule has 1 unspecified atom stereocenters. The summed E-state index contributed by atoms with van der Waals surface area (Å²) in [7, 11) is 0. The monoisotopic (exact) mass is 347 g/mol. The molecule has 20 heavy (non-hydrogen) atoms. The minimum Gasteiger partial charge on any atom is -0.368 e. The van der Waals surface area contributed by atoms with Crippen LogP contribution >= 0.6 is 15.9 Å². The van der Waals surface area contributed by atoms with Gasteiger partial charge in [-0.3, -0.25) is 14.9 Å². The van der Waals surface area contributed by atoms with E-state index >= 15 is 0 Å². The fourth-order valence-electron chi connectivity index (χ4n) is 1.50. The maximum Gasteiger partial charge on any atom is 0.295 e. The summed E-state index contributed by atoms with van der Waals surface area (Å²) in [5, 5.41) is 16.3. The second-order valence-electron chi connectivity index (χ2n) is 4.20. The highest BCUT2D eigenvalue weighted by molar-refractivity contribution is 9.10. The van der Waals surface area contributed by atoms with Gasteiger partial charge in [0.25, 0.3) is 5.69 Å². The molecule has 0 bridgehead atoms. The van der Waals surface area contributed by atoms with Crippen LogP contribution in [0.5, 0.6) is 0 Å². The molecule has 1 atom stereocenters. The summed E-state index contributed by atoms with van der Waals surface area (Å²) >= 11 is 2.96. The van der Waals surface area contributed by atoms with Crippen LogP contribution in [0.15, 0.2) is 16.6 Å².